The number of amides is 1. The van der Waals surface area contributed by atoms with Crippen molar-refractivity contribution in [2.24, 2.45) is 5.73 Å². The first-order valence-corrected chi connectivity index (χ1v) is 6.17. The van der Waals surface area contributed by atoms with Gasteiger partial charge >= 0.3 is 0 Å². The number of nitrogens with two attached hydrogens (primary N) is 1. The second kappa shape index (κ2) is 6.55. The summed E-state index contributed by atoms with van der Waals surface area (Å²) in [5, 5.41) is 2.79. The quantitative estimate of drug-likeness (QED) is 0.821. The van der Waals surface area contributed by atoms with Gasteiger partial charge in [-0.3, -0.25) is 4.79 Å². The maximum atomic E-state index is 11.9. The second-order valence-electron chi connectivity index (χ2n) is 4.11. The second-order valence-corrected chi connectivity index (χ2v) is 4.11. The van der Waals surface area contributed by atoms with E-state index < -0.39 is 0 Å². The van der Waals surface area contributed by atoms with E-state index >= 15 is 0 Å². The van der Waals surface area contributed by atoms with Crippen LogP contribution in [0.1, 0.15) is 27.4 Å². The molecule has 0 saturated carbocycles. The Balaban J connectivity index is 2.08. The van der Waals surface area contributed by atoms with E-state index in [1.54, 1.807) is 6.92 Å². The molecule has 2 aromatic rings. The van der Waals surface area contributed by atoms with Gasteiger partial charge < -0.3 is 15.5 Å². The molecular formula is C15H15N3O2. The van der Waals surface area contributed by atoms with Crippen LogP contribution in [0.5, 0.6) is 0 Å². The number of carbonyl (C=O) groups excluding carboxylic acids is 1. The summed E-state index contributed by atoms with van der Waals surface area (Å²) >= 11 is 0. The average Bonchev–Trinajstić information content (AvgIpc) is 2.89. The van der Waals surface area contributed by atoms with Crippen LogP contribution in [0.4, 0.5) is 0 Å². The highest BCUT2D eigenvalue weighted by atomic mass is 16.3. The van der Waals surface area contributed by atoms with Gasteiger partial charge in [-0.15, -0.1) is 0 Å². The predicted octanol–water partition coefficient (Wildman–Crippen LogP) is 1.22. The van der Waals surface area contributed by atoms with E-state index in [0.717, 1.165) is 11.1 Å². The monoisotopic (exact) mass is 269 g/mol. The third-order valence-electron chi connectivity index (χ3n) is 2.73. The molecular weight excluding hydrogens is 254 g/mol. The largest absolute Gasteiger partial charge is 0.438 e. The lowest BCUT2D eigenvalue weighted by Crippen LogP contribution is -2.23. The van der Waals surface area contributed by atoms with E-state index in [1.807, 2.05) is 24.3 Å². The van der Waals surface area contributed by atoms with Crippen LogP contribution in [0, 0.1) is 18.8 Å². The Morgan fingerprint density at radius 2 is 2.25 bits per heavy atom. The molecule has 0 atom stereocenters. The van der Waals surface area contributed by atoms with Crippen LogP contribution < -0.4 is 11.1 Å². The molecule has 0 aliphatic carbocycles. The van der Waals surface area contributed by atoms with Gasteiger partial charge in [-0.05, 0) is 18.6 Å². The molecule has 0 fully saturated rings. The van der Waals surface area contributed by atoms with Crippen LogP contribution in [-0.2, 0) is 6.54 Å². The Kier molecular flexibility index (Phi) is 4.53. The maximum absolute atomic E-state index is 11.9. The third kappa shape index (κ3) is 3.25. The van der Waals surface area contributed by atoms with Crippen molar-refractivity contribution in [3.63, 3.8) is 0 Å². The van der Waals surface area contributed by atoms with Crippen molar-refractivity contribution in [2.75, 3.05) is 6.54 Å². The minimum absolute atomic E-state index is 0.232. The minimum atomic E-state index is -0.290. The molecule has 5 nitrogen and oxygen atoms in total. The minimum Gasteiger partial charge on any atom is -0.438 e. The number of benzene rings is 1. The fraction of sp³-hybridized carbons (Fsp3) is 0.200. The van der Waals surface area contributed by atoms with Crippen molar-refractivity contribution < 1.29 is 9.21 Å². The van der Waals surface area contributed by atoms with E-state index in [-0.39, 0.29) is 11.7 Å². The number of rotatable bonds is 3. The fourth-order valence-corrected chi connectivity index (χ4v) is 1.72. The SMILES string of the molecule is Cc1ncoc1C(=O)NCc1ccccc1C#CCN. The zero-order chi connectivity index (χ0) is 14.4. The normalized spacial score (nSPS) is 9.70. The number of carbonyl (C=O) groups is 1. The van der Waals surface area contributed by atoms with Gasteiger partial charge in [0.2, 0.25) is 5.76 Å². The van der Waals surface area contributed by atoms with Gasteiger partial charge in [0.05, 0.1) is 12.2 Å². The summed E-state index contributed by atoms with van der Waals surface area (Å²) in [4.78, 5) is 15.8. The van der Waals surface area contributed by atoms with Crippen molar-refractivity contribution in [2.45, 2.75) is 13.5 Å². The summed E-state index contributed by atoms with van der Waals surface area (Å²) in [6.45, 7) is 2.39. The molecule has 0 radical (unpaired) electrons. The van der Waals surface area contributed by atoms with Crippen LogP contribution in [-0.4, -0.2) is 17.4 Å². The van der Waals surface area contributed by atoms with E-state index in [9.17, 15) is 4.79 Å². The van der Waals surface area contributed by atoms with E-state index in [2.05, 4.69) is 22.1 Å². The lowest BCUT2D eigenvalue weighted by Gasteiger charge is -2.06. The molecule has 0 spiro atoms. The van der Waals surface area contributed by atoms with Gasteiger partial charge in [0, 0.05) is 12.1 Å². The fourth-order valence-electron chi connectivity index (χ4n) is 1.72. The molecule has 0 unspecified atom stereocenters. The highest BCUT2D eigenvalue weighted by Crippen LogP contribution is 2.09. The number of hydrogen-bond donors (Lipinski definition) is 2. The first kappa shape index (κ1) is 13.8. The van der Waals surface area contributed by atoms with Crippen molar-refractivity contribution in [3.05, 3.63) is 53.2 Å². The smallest absolute Gasteiger partial charge is 0.289 e. The highest BCUT2D eigenvalue weighted by Gasteiger charge is 2.13. The van der Waals surface area contributed by atoms with Crippen molar-refractivity contribution in [1.29, 1.82) is 0 Å². The molecule has 2 rings (SSSR count). The number of hydrogen-bond acceptors (Lipinski definition) is 4. The van der Waals surface area contributed by atoms with Crippen LogP contribution in [0.2, 0.25) is 0 Å². The molecule has 1 heterocycles. The first-order valence-electron chi connectivity index (χ1n) is 6.17. The molecule has 1 aromatic heterocycles. The summed E-state index contributed by atoms with van der Waals surface area (Å²) < 4.78 is 5.04. The molecule has 0 bridgehead atoms. The van der Waals surface area contributed by atoms with Crippen molar-refractivity contribution in [3.8, 4) is 11.8 Å². The lowest BCUT2D eigenvalue weighted by atomic mass is 10.1. The Labute approximate surface area is 117 Å². The topological polar surface area (TPSA) is 81.2 Å². The van der Waals surface area contributed by atoms with Gasteiger partial charge in [0.25, 0.3) is 5.91 Å². The van der Waals surface area contributed by atoms with Crippen LogP contribution >= 0.6 is 0 Å². The Bertz CT molecular complexity index is 665. The average molecular weight is 269 g/mol. The highest BCUT2D eigenvalue weighted by molar-refractivity contribution is 5.92. The number of aryl methyl sites for hydroxylation is 1. The summed E-state index contributed by atoms with van der Waals surface area (Å²) in [6.07, 6.45) is 1.25. The van der Waals surface area contributed by atoms with Crippen molar-refractivity contribution >= 4 is 5.91 Å². The van der Waals surface area contributed by atoms with Crippen molar-refractivity contribution in [1.82, 2.24) is 10.3 Å². The summed E-state index contributed by atoms with van der Waals surface area (Å²) in [5.74, 6) is 5.73. The summed E-state index contributed by atoms with van der Waals surface area (Å²) in [6, 6.07) is 7.60. The van der Waals surface area contributed by atoms with Gasteiger partial charge in [0.15, 0.2) is 6.39 Å². The van der Waals surface area contributed by atoms with E-state index in [1.165, 1.54) is 6.39 Å². The summed E-state index contributed by atoms with van der Waals surface area (Å²) in [5.41, 5.74) is 7.72. The molecule has 0 aliphatic heterocycles. The molecule has 0 saturated heterocycles. The first-order chi connectivity index (χ1) is 9.72. The lowest BCUT2D eigenvalue weighted by molar-refractivity contribution is 0.0922. The van der Waals surface area contributed by atoms with Gasteiger partial charge in [-0.1, -0.05) is 30.0 Å². The maximum Gasteiger partial charge on any atom is 0.289 e. The van der Waals surface area contributed by atoms with Crippen LogP contribution in [0.25, 0.3) is 0 Å². The molecule has 3 N–H and O–H groups in total. The summed E-state index contributed by atoms with van der Waals surface area (Å²) in [7, 11) is 0. The Morgan fingerprint density at radius 3 is 2.95 bits per heavy atom. The molecule has 5 heteroatoms. The zero-order valence-electron chi connectivity index (χ0n) is 11.1. The standard InChI is InChI=1S/C15H15N3O2/c1-11-14(20-10-18-11)15(19)17-9-13-6-3-2-5-12(13)7-4-8-16/h2-3,5-6,10H,8-9,16H2,1H3,(H,17,19). The van der Waals surface area contributed by atoms with Gasteiger partial charge in [-0.2, -0.15) is 0 Å². The zero-order valence-corrected chi connectivity index (χ0v) is 11.1. The number of oxazole rings is 1. The number of aromatic nitrogens is 1. The van der Waals surface area contributed by atoms with Gasteiger partial charge in [0.1, 0.15) is 0 Å². The molecule has 1 aromatic carbocycles. The van der Waals surface area contributed by atoms with E-state index in [0.29, 0.717) is 18.8 Å². The van der Waals surface area contributed by atoms with Gasteiger partial charge in [-0.25, -0.2) is 4.98 Å². The Morgan fingerprint density at radius 1 is 1.45 bits per heavy atom. The Hall–Kier alpha value is -2.58. The van der Waals surface area contributed by atoms with Crippen LogP contribution in [0.3, 0.4) is 0 Å². The third-order valence-corrected chi connectivity index (χ3v) is 2.73. The number of nitrogens with zero attached hydrogens (tertiary/aromatic N) is 1. The molecule has 0 aliphatic rings. The van der Waals surface area contributed by atoms with E-state index in [4.69, 9.17) is 10.2 Å². The molecule has 1 amide bonds. The number of nitrogens with one attached hydrogen (secondary N) is 1. The predicted molar refractivity (Wildman–Crippen MR) is 74.8 cm³/mol. The van der Waals surface area contributed by atoms with Crippen LogP contribution in [0.15, 0.2) is 35.1 Å². The molecule has 20 heavy (non-hydrogen) atoms. The molecule has 102 valence electrons.